The average molecular weight is 401 g/mol. The second-order valence-corrected chi connectivity index (χ2v) is 6.95. The van der Waals surface area contributed by atoms with E-state index >= 15 is 0 Å². The molecule has 1 aromatic carbocycles. The van der Waals surface area contributed by atoms with E-state index in [0.29, 0.717) is 19.0 Å². The van der Waals surface area contributed by atoms with Crippen molar-refractivity contribution in [1.82, 2.24) is 14.7 Å². The molecule has 0 N–H and O–H groups in total. The molecule has 0 radical (unpaired) electrons. The van der Waals surface area contributed by atoms with Crippen LogP contribution in [0.1, 0.15) is 6.92 Å². The van der Waals surface area contributed by atoms with E-state index in [1.807, 2.05) is 34.1 Å². The number of anilines is 1. The van der Waals surface area contributed by atoms with Crippen LogP contribution in [0.2, 0.25) is 0 Å². The van der Waals surface area contributed by atoms with Gasteiger partial charge in [-0.1, -0.05) is 0 Å². The van der Waals surface area contributed by atoms with E-state index in [1.165, 1.54) is 4.90 Å². The Balaban J connectivity index is 1.59. The number of imide groups is 1. The monoisotopic (exact) mass is 401 g/mol. The van der Waals surface area contributed by atoms with Crippen LogP contribution in [0.15, 0.2) is 29.3 Å². The first kappa shape index (κ1) is 19.0. The standard InChI is InChI=1S/C19H23N5O5/c1-4-29-14(25)11-24-17(26)15-16(21(2)19(24)27)20-18-22(9-10-23(15)18)12-5-7-13(28-3)8-6-12/h5-8,15-16H,4,9-11H2,1-3H3. The van der Waals surface area contributed by atoms with Gasteiger partial charge in [0.1, 0.15) is 12.3 Å². The maximum atomic E-state index is 13.1. The Bertz CT molecular complexity index is 870. The molecule has 1 aromatic rings. The highest BCUT2D eigenvalue weighted by atomic mass is 16.5. The molecule has 2 atom stereocenters. The molecule has 0 spiro atoms. The summed E-state index contributed by atoms with van der Waals surface area (Å²) in [6.45, 7) is 2.72. The Morgan fingerprint density at radius 1 is 1.21 bits per heavy atom. The van der Waals surface area contributed by atoms with Gasteiger partial charge in [-0.2, -0.15) is 0 Å². The zero-order valence-corrected chi connectivity index (χ0v) is 16.6. The quantitative estimate of drug-likeness (QED) is 0.657. The van der Waals surface area contributed by atoms with E-state index in [1.54, 1.807) is 21.1 Å². The van der Waals surface area contributed by atoms with Gasteiger partial charge in [0.25, 0.3) is 5.91 Å². The average Bonchev–Trinajstić information content (AvgIpc) is 3.29. The molecular weight excluding hydrogens is 378 g/mol. The first-order valence-electron chi connectivity index (χ1n) is 9.46. The van der Waals surface area contributed by atoms with E-state index in [-0.39, 0.29) is 6.61 Å². The van der Waals surface area contributed by atoms with Gasteiger partial charge in [-0.05, 0) is 31.2 Å². The fourth-order valence-corrected chi connectivity index (χ4v) is 3.92. The minimum absolute atomic E-state index is 0.188. The number of aliphatic imine (C=N–C) groups is 1. The van der Waals surface area contributed by atoms with Crippen LogP contribution in [-0.2, 0) is 14.3 Å². The van der Waals surface area contributed by atoms with E-state index in [4.69, 9.17) is 9.47 Å². The van der Waals surface area contributed by atoms with Crippen LogP contribution in [-0.4, -0.2) is 91.2 Å². The third-order valence-electron chi connectivity index (χ3n) is 5.35. The van der Waals surface area contributed by atoms with E-state index in [2.05, 4.69) is 4.99 Å². The number of nitrogens with zero attached hydrogens (tertiary/aromatic N) is 5. The number of likely N-dealkylation sites (N-methyl/N-ethyl adjacent to an activating group) is 1. The molecule has 10 heteroatoms. The molecule has 10 nitrogen and oxygen atoms in total. The van der Waals surface area contributed by atoms with Crippen molar-refractivity contribution in [3.8, 4) is 5.75 Å². The number of benzene rings is 1. The van der Waals surface area contributed by atoms with E-state index in [0.717, 1.165) is 16.3 Å². The predicted molar refractivity (Wildman–Crippen MR) is 104 cm³/mol. The van der Waals surface area contributed by atoms with Crippen molar-refractivity contribution in [2.75, 3.05) is 45.3 Å². The summed E-state index contributed by atoms with van der Waals surface area (Å²) in [7, 11) is 3.20. The number of carbonyl (C=O) groups is 3. The molecule has 2 fully saturated rings. The van der Waals surface area contributed by atoms with Crippen LogP contribution in [0.4, 0.5) is 10.5 Å². The smallest absolute Gasteiger partial charge is 0.328 e. The molecule has 0 bridgehead atoms. The van der Waals surface area contributed by atoms with Crippen LogP contribution < -0.4 is 9.64 Å². The lowest BCUT2D eigenvalue weighted by molar-refractivity contribution is -0.150. The van der Waals surface area contributed by atoms with Gasteiger partial charge in [0, 0.05) is 25.8 Å². The van der Waals surface area contributed by atoms with Crippen molar-refractivity contribution in [2.45, 2.75) is 19.1 Å². The first-order valence-corrected chi connectivity index (χ1v) is 9.46. The summed E-state index contributed by atoms with van der Waals surface area (Å²) in [5.74, 6) is 0.362. The summed E-state index contributed by atoms with van der Waals surface area (Å²) in [4.78, 5) is 48.6. The Morgan fingerprint density at radius 3 is 2.59 bits per heavy atom. The van der Waals surface area contributed by atoms with E-state index in [9.17, 15) is 14.4 Å². The molecule has 4 rings (SSSR count). The molecule has 3 amide bonds. The summed E-state index contributed by atoms with van der Waals surface area (Å²) >= 11 is 0. The van der Waals surface area contributed by atoms with Crippen LogP contribution in [0.5, 0.6) is 5.75 Å². The van der Waals surface area contributed by atoms with Gasteiger partial charge in [-0.25, -0.2) is 9.79 Å². The Labute approximate surface area is 168 Å². The maximum absolute atomic E-state index is 13.1. The zero-order chi connectivity index (χ0) is 20.7. The highest BCUT2D eigenvalue weighted by molar-refractivity contribution is 6.08. The third kappa shape index (κ3) is 3.04. The second-order valence-electron chi connectivity index (χ2n) is 6.95. The highest BCUT2D eigenvalue weighted by Gasteiger charge is 2.55. The number of amides is 3. The van der Waals surface area contributed by atoms with Gasteiger partial charge < -0.3 is 24.2 Å². The fraction of sp³-hybridized carbons (Fsp3) is 0.474. The molecule has 29 heavy (non-hydrogen) atoms. The molecule has 0 aromatic heterocycles. The minimum atomic E-state index is -0.648. The van der Waals surface area contributed by atoms with Gasteiger partial charge in [0.05, 0.1) is 13.7 Å². The number of guanidine groups is 1. The largest absolute Gasteiger partial charge is 0.497 e. The third-order valence-corrected chi connectivity index (χ3v) is 5.35. The number of urea groups is 1. The van der Waals surface area contributed by atoms with Gasteiger partial charge in [-0.15, -0.1) is 0 Å². The number of hydrogen-bond acceptors (Lipinski definition) is 8. The first-order chi connectivity index (χ1) is 14.0. The highest BCUT2D eigenvalue weighted by Crippen LogP contribution is 2.33. The molecule has 3 heterocycles. The summed E-state index contributed by atoms with van der Waals surface area (Å²) in [6.07, 6.45) is -0.621. The zero-order valence-electron chi connectivity index (χ0n) is 16.6. The van der Waals surface area contributed by atoms with Crippen molar-refractivity contribution in [3.63, 3.8) is 0 Å². The van der Waals surface area contributed by atoms with Crippen LogP contribution in [0.3, 0.4) is 0 Å². The fourth-order valence-electron chi connectivity index (χ4n) is 3.92. The topological polar surface area (TPSA) is 95.0 Å². The number of carbonyl (C=O) groups excluding carboxylic acids is 3. The predicted octanol–water partition coefficient (Wildman–Crippen LogP) is 0.339. The Kier molecular flexibility index (Phi) is 4.77. The van der Waals surface area contributed by atoms with Crippen LogP contribution >= 0.6 is 0 Å². The number of hydrogen-bond donors (Lipinski definition) is 0. The van der Waals surface area contributed by atoms with Crippen molar-refractivity contribution >= 4 is 29.6 Å². The van der Waals surface area contributed by atoms with Gasteiger partial charge in [-0.3, -0.25) is 14.5 Å². The summed E-state index contributed by atoms with van der Waals surface area (Å²) in [6, 6.07) is 6.38. The minimum Gasteiger partial charge on any atom is -0.497 e. The molecule has 0 saturated carbocycles. The maximum Gasteiger partial charge on any atom is 0.328 e. The summed E-state index contributed by atoms with van der Waals surface area (Å²) < 4.78 is 10.1. The lowest BCUT2D eigenvalue weighted by atomic mass is 10.1. The number of esters is 1. The van der Waals surface area contributed by atoms with Gasteiger partial charge in [0.2, 0.25) is 5.96 Å². The van der Waals surface area contributed by atoms with E-state index < -0.39 is 36.7 Å². The molecule has 2 saturated heterocycles. The summed E-state index contributed by atoms with van der Waals surface area (Å²) in [5.41, 5.74) is 0.926. The van der Waals surface area contributed by atoms with Gasteiger partial charge in [0.15, 0.2) is 12.2 Å². The normalized spacial score (nSPS) is 23.2. The van der Waals surface area contributed by atoms with Crippen LogP contribution in [0, 0.1) is 0 Å². The van der Waals surface area contributed by atoms with Crippen molar-refractivity contribution < 1.29 is 23.9 Å². The lowest BCUT2D eigenvalue weighted by Gasteiger charge is -2.40. The lowest BCUT2D eigenvalue weighted by Crippen LogP contribution is -2.65. The molecule has 154 valence electrons. The summed E-state index contributed by atoms with van der Waals surface area (Å²) in [5, 5.41) is 0. The number of rotatable bonds is 5. The molecule has 3 aliphatic heterocycles. The number of fused-ring (bicyclic) bond motifs is 3. The molecule has 3 aliphatic rings. The number of ether oxygens (including phenoxy) is 2. The van der Waals surface area contributed by atoms with Crippen molar-refractivity contribution in [3.05, 3.63) is 24.3 Å². The van der Waals surface area contributed by atoms with Crippen molar-refractivity contribution in [1.29, 1.82) is 0 Å². The number of methoxy groups -OCH3 is 1. The van der Waals surface area contributed by atoms with Crippen LogP contribution in [0.25, 0.3) is 0 Å². The van der Waals surface area contributed by atoms with Gasteiger partial charge >= 0.3 is 12.0 Å². The molecular formula is C19H23N5O5. The Hall–Kier alpha value is -3.30. The molecule has 2 unspecified atom stereocenters. The Morgan fingerprint density at radius 2 is 1.93 bits per heavy atom. The van der Waals surface area contributed by atoms with Crippen molar-refractivity contribution in [2.24, 2.45) is 4.99 Å². The molecule has 0 aliphatic carbocycles. The second kappa shape index (κ2) is 7.26. The SMILES string of the molecule is CCOC(=O)CN1C(=O)C2C(N=C3N(c4ccc(OC)cc4)CCN32)N(C)C1=O.